The van der Waals surface area contributed by atoms with E-state index in [-0.39, 0.29) is 0 Å². The lowest BCUT2D eigenvalue weighted by Gasteiger charge is -2.23. The van der Waals surface area contributed by atoms with Crippen LogP contribution in [-0.2, 0) is 4.79 Å². The fraction of sp³-hybridized carbons (Fsp3) is 0.455. The smallest absolute Gasteiger partial charge is 0.151 e. The van der Waals surface area contributed by atoms with E-state index in [4.69, 9.17) is 0 Å². The number of carbonyl (C=O) groups is 1. The Balaban J connectivity index is 2.36. The zero-order valence-corrected chi connectivity index (χ0v) is 7.79. The molecule has 1 atom stereocenters. The number of dihydropyridines is 1. The third-order valence-corrected chi connectivity index (χ3v) is 2.66. The van der Waals surface area contributed by atoms with E-state index in [0.717, 1.165) is 30.4 Å². The summed E-state index contributed by atoms with van der Waals surface area (Å²) in [6.45, 7) is 1.91. The Hall–Kier alpha value is -1.18. The molecule has 0 saturated heterocycles. The van der Waals surface area contributed by atoms with E-state index in [1.54, 1.807) is 0 Å². The van der Waals surface area contributed by atoms with Crippen LogP contribution in [0.3, 0.4) is 0 Å². The minimum Gasteiger partial charge on any atom is -0.298 e. The number of fused-ring (bicyclic) bond motifs is 1. The van der Waals surface area contributed by atoms with Gasteiger partial charge in [-0.15, -0.1) is 0 Å². The van der Waals surface area contributed by atoms with Gasteiger partial charge in [0.15, 0.2) is 6.29 Å². The molecular formula is C11H13NO. The zero-order chi connectivity index (χ0) is 9.26. The topological polar surface area (TPSA) is 29.4 Å². The van der Waals surface area contributed by atoms with Crippen LogP contribution in [0.2, 0.25) is 0 Å². The van der Waals surface area contributed by atoms with Crippen molar-refractivity contribution >= 4 is 12.0 Å². The van der Waals surface area contributed by atoms with Crippen molar-refractivity contribution in [3.63, 3.8) is 0 Å². The number of nitrogens with zero attached hydrogens (tertiary/aromatic N) is 1. The minimum atomic E-state index is 0.331. The van der Waals surface area contributed by atoms with E-state index < -0.39 is 0 Å². The second-order valence-electron chi connectivity index (χ2n) is 3.58. The van der Waals surface area contributed by atoms with E-state index >= 15 is 0 Å². The highest BCUT2D eigenvalue weighted by Crippen LogP contribution is 2.26. The first kappa shape index (κ1) is 8.42. The molecule has 1 heterocycles. The average Bonchev–Trinajstić information content (AvgIpc) is 2.17. The van der Waals surface area contributed by atoms with Gasteiger partial charge in [-0.2, -0.15) is 0 Å². The number of aliphatic imine (C=N–C) groups is 1. The fourth-order valence-electron chi connectivity index (χ4n) is 1.89. The number of carbonyl (C=O) groups excluding carboxylic acids is 1. The van der Waals surface area contributed by atoms with E-state index in [0.29, 0.717) is 6.04 Å². The van der Waals surface area contributed by atoms with Gasteiger partial charge in [0.1, 0.15) is 0 Å². The summed E-state index contributed by atoms with van der Waals surface area (Å²) in [6, 6.07) is 0.331. The first-order valence-corrected chi connectivity index (χ1v) is 4.73. The molecule has 0 radical (unpaired) electrons. The Morgan fingerprint density at radius 1 is 1.62 bits per heavy atom. The van der Waals surface area contributed by atoms with Crippen LogP contribution in [0.4, 0.5) is 0 Å². The van der Waals surface area contributed by atoms with Crippen molar-refractivity contribution in [1.82, 2.24) is 0 Å². The van der Waals surface area contributed by atoms with Crippen molar-refractivity contribution in [3.8, 4) is 0 Å². The second-order valence-corrected chi connectivity index (χ2v) is 3.58. The summed E-state index contributed by atoms with van der Waals surface area (Å²) in [4.78, 5) is 15.2. The molecule has 0 aromatic rings. The minimum absolute atomic E-state index is 0.331. The molecule has 1 unspecified atom stereocenters. The van der Waals surface area contributed by atoms with Gasteiger partial charge in [-0.05, 0) is 37.8 Å². The summed E-state index contributed by atoms with van der Waals surface area (Å²) in [5.41, 5.74) is 2.86. The summed E-state index contributed by atoms with van der Waals surface area (Å²) in [5, 5.41) is 0. The molecule has 2 aliphatic rings. The Labute approximate surface area is 78.1 Å². The first-order valence-electron chi connectivity index (χ1n) is 4.73. The van der Waals surface area contributed by atoms with E-state index in [1.807, 2.05) is 13.0 Å². The summed E-state index contributed by atoms with van der Waals surface area (Å²) < 4.78 is 0. The normalized spacial score (nSPS) is 26.8. The van der Waals surface area contributed by atoms with Crippen LogP contribution in [0.5, 0.6) is 0 Å². The molecule has 1 aliphatic heterocycles. The number of hydrogen-bond acceptors (Lipinski definition) is 2. The Kier molecular flexibility index (Phi) is 2.13. The highest BCUT2D eigenvalue weighted by molar-refractivity contribution is 6.14. The maximum atomic E-state index is 10.7. The number of rotatable bonds is 1. The molecule has 0 spiro atoms. The van der Waals surface area contributed by atoms with Crippen LogP contribution < -0.4 is 0 Å². The molecular weight excluding hydrogens is 162 g/mol. The van der Waals surface area contributed by atoms with E-state index in [1.165, 1.54) is 12.0 Å². The van der Waals surface area contributed by atoms with Crippen molar-refractivity contribution in [2.24, 2.45) is 4.99 Å². The molecule has 0 saturated carbocycles. The molecule has 0 amide bonds. The maximum absolute atomic E-state index is 10.7. The van der Waals surface area contributed by atoms with Crippen molar-refractivity contribution in [1.29, 1.82) is 0 Å². The van der Waals surface area contributed by atoms with Crippen LogP contribution in [-0.4, -0.2) is 18.0 Å². The van der Waals surface area contributed by atoms with Crippen molar-refractivity contribution in [3.05, 3.63) is 23.3 Å². The summed E-state index contributed by atoms with van der Waals surface area (Å²) in [5.74, 6) is 0. The molecule has 13 heavy (non-hydrogen) atoms. The fourth-order valence-corrected chi connectivity index (χ4v) is 1.89. The van der Waals surface area contributed by atoms with Gasteiger partial charge in [-0.25, -0.2) is 0 Å². The number of allylic oxidation sites excluding steroid dienone is 2. The van der Waals surface area contributed by atoms with Gasteiger partial charge in [-0.3, -0.25) is 9.79 Å². The average molecular weight is 175 g/mol. The van der Waals surface area contributed by atoms with Crippen LogP contribution in [0.15, 0.2) is 28.3 Å². The summed E-state index contributed by atoms with van der Waals surface area (Å²) in [7, 11) is 0. The van der Waals surface area contributed by atoms with Crippen LogP contribution in [0.1, 0.15) is 26.2 Å². The predicted octanol–water partition coefficient (Wildman–Crippen LogP) is 2.07. The van der Waals surface area contributed by atoms with Crippen molar-refractivity contribution < 1.29 is 4.79 Å². The third-order valence-electron chi connectivity index (χ3n) is 2.66. The van der Waals surface area contributed by atoms with E-state index in [9.17, 15) is 4.79 Å². The molecule has 0 bridgehead atoms. The largest absolute Gasteiger partial charge is 0.298 e. The molecule has 0 aromatic heterocycles. The molecule has 68 valence electrons. The SMILES string of the molecule is CC1=NC2CCCC=C2C=C1C=O. The van der Waals surface area contributed by atoms with Gasteiger partial charge in [0, 0.05) is 11.3 Å². The number of hydrogen-bond donors (Lipinski definition) is 0. The highest BCUT2D eigenvalue weighted by atomic mass is 16.1. The lowest BCUT2D eigenvalue weighted by Crippen LogP contribution is -2.19. The second kappa shape index (κ2) is 3.29. The first-order chi connectivity index (χ1) is 6.31. The maximum Gasteiger partial charge on any atom is 0.151 e. The van der Waals surface area contributed by atoms with Gasteiger partial charge in [-0.1, -0.05) is 6.08 Å². The third kappa shape index (κ3) is 1.48. The lowest BCUT2D eigenvalue weighted by atomic mass is 9.90. The highest BCUT2D eigenvalue weighted by Gasteiger charge is 2.20. The predicted molar refractivity (Wildman–Crippen MR) is 53.0 cm³/mol. The van der Waals surface area contributed by atoms with Crippen LogP contribution in [0, 0.1) is 0 Å². The molecule has 0 N–H and O–H groups in total. The monoisotopic (exact) mass is 175 g/mol. The Morgan fingerprint density at radius 2 is 2.46 bits per heavy atom. The molecule has 2 nitrogen and oxygen atoms in total. The standard InChI is InChI=1S/C11H13NO/c1-8-10(7-13)6-9-4-2-3-5-11(9)12-8/h4,6-7,11H,2-3,5H2,1H3. The van der Waals surface area contributed by atoms with Gasteiger partial charge < -0.3 is 0 Å². The molecule has 2 rings (SSSR count). The quantitative estimate of drug-likeness (QED) is 0.561. The van der Waals surface area contributed by atoms with Gasteiger partial charge in [0.25, 0.3) is 0 Å². The zero-order valence-electron chi connectivity index (χ0n) is 7.79. The molecule has 0 fully saturated rings. The number of aldehydes is 1. The van der Waals surface area contributed by atoms with E-state index in [2.05, 4.69) is 11.1 Å². The molecule has 1 aliphatic carbocycles. The molecule has 2 heteroatoms. The van der Waals surface area contributed by atoms with Crippen LogP contribution >= 0.6 is 0 Å². The lowest BCUT2D eigenvalue weighted by molar-refractivity contribution is -0.104. The van der Waals surface area contributed by atoms with Crippen LogP contribution in [0.25, 0.3) is 0 Å². The summed E-state index contributed by atoms with van der Waals surface area (Å²) in [6.07, 6.45) is 8.56. The van der Waals surface area contributed by atoms with Gasteiger partial charge in [0.05, 0.1) is 6.04 Å². The Morgan fingerprint density at radius 3 is 3.23 bits per heavy atom. The van der Waals surface area contributed by atoms with Gasteiger partial charge in [0.2, 0.25) is 0 Å². The summed E-state index contributed by atoms with van der Waals surface area (Å²) >= 11 is 0. The van der Waals surface area contributed by atoms with Crippen molar-refractivity contribution in [2.75, 3.05) is 0 Å². The van der Waals surface area contributed by atoms with Gasteiger partial charge >= 0.3 is 0 Å². The van der Waals surface area contributed by atoms with Crippen molar-refractivity contribution in [2.45, 2.75) is 32.2 Å². The molecule has 0 aromatic carbocycles. The Bertz CT molecular complexity index is 323.